The van der Waals surface area contributed by atoms with Crippen LogP contribution in [0.4, 0.5) is 22.0 Å². The highest BCUT2D eigenvalue weighted by Gasteiger charge is 2.41. The van der Waals surface area contributed by atoms with Crippen molar-refractivity contribution in [2.45, 2.75) is 160 Å². The molecule has 1 unspecified atom stereocenters. The van der Waals surface area contributed by atoms with Gasteiger partial charge in [0.2, 0.25) is 41.4 Å². The van der Waals surface area contributed by atoms with E-state index < -0.39 is 130 Å². The highest BCUT2D eigenvalue weighted by atomic mass is 32.2. The zero-order chi connectivity index (χ0) is 68.5. The van der Waals surface area contributed by atoms with Crippen LogP contribution in [0.5, 0.6) is 0 Å². The van der Waals surface area contributed by atoms with Crippen LogP contribution in [0, 0.1) is 28.9 Å². The van der Waals surface area contributed by atoms with Crippen LogP contribution in [0.1, 0.15) is 129 Å². The van der Waals surface area contributed by atoms with Crippen LogP contribution >= 0.6 is 11.8 Å². The number of benzene rings is 2. The summed E-state index contributed by atoms with van der Waals surface area (Å²) in [5, 5.41) is 46.0. The van der Waals surface area contributed by atoms with E-state index >= 15 is 4.39 Å². The average Bonchev–Trinajstić information content (AvgIpc) is 1.75. The molecular formula is C61H84F5N9O15S. The molecule has 0 spiro atoms. The van der Waals surface area contributed by atoms with Crippen molar-refractivity contribution < 1.29 is 95.1 Å². The number of aromatic nitrogens is 1. The number of aliphatic hydroxyl groups is 1. The molecule has 0 radical (unpaired) electrons. The average molecular weight is 1310 g/mol. The molecule has 0 bridgehead atoms. The standard InChI is InChI=1S/C59H83F2N9O13S.C2HF3O2/c1-35(2)52(67-49(74)18-11-8-14-25-70-50(75)30-47(56(70)79)84-34-43(63)57(80)81)46(72)27-36(3)54(77)66-44(58(82)83)17-12-13-23-64-48(73)21-24-65-55(78)42(62)22-26-69(51(76)33-71)53(59(4,5)6)45-28-38(40-29-39(60)19-20-41(40)61)32-68(45)31-37-15-9-7-10-16-37;3-2(4,5)1(6)7/h7,9-10,15-16,19-20,28-29,32,35-36,42-44,47,52-53,71H,8,11-14,17-18,21-27,30-31,33-34,62-63H2,1-6H3,(H,64,73)(H,65,78)(H,66,77)(H,67,74)(H,80,81)(H,82,83);(H,6,7)/t36-,42+,43+,44+,47?,52+,53+;/m1./s1. The van der Waals surface area contributed by atoms with Gasteiger partial charge < -0.3 is 62.6 Å². The number of alkyl halides is 3. The minimum Gasteiger partial charge on any atom is -0.480 e. The van der Waals surface area contributed by atoms with Gasteiger partial charge >= 0.3 is 24.1 Å². The minimum atomic E-state index is -5.08. The molecule has 1 aliphatic heterocycles. The van der Waals surface area contributed by atoms with Crippen LogP contribution in [0.15, 0.2) is 60.8 Å². The number of nitrogens with two attached hydrogens (primary N) is 2. The zero-order valence-electron chi connectivity index (χ0n) is 51.7. The molecule has 24 nitrogen and oxygen atoms in total. The Bertz CT molecular complexity index is 3000. The highest BCUT2D eigenvalue weighted by Crippen LogP contribution is 2.41. The van der Waals surface area contributed by atoms with E-state index in [0.717, 1.165) is 40.4 Å². The Kier molecular flexibility index (Phi) is 31.4. The molecule has 1 aliphatic rings. The SMILES string of the molecule is CC(C)[C@H](NC(=O)CCCCCN1C(=O)CC(SC[C@H](N)C(=O)O)C1=O)C(=O)C[C@@H](C)C(=O)N[C@@H](CCCCNC(=O)CCNC(=O)[C@@H](N)CCN(C(=O)CO)[C@@H](c1cc(-c2cc(F)ccc2F)cn1Cc1ccccc1)C(C)(C)C)C(=O)O.O=C(O)C(F)(F)F. The van der Waals surface area contributed by atoms with E-state index in [1.807, 2.05) is 55.7 Å². The van der Waals surface area contributed by atoms with Gasteiger partial charge in [-0.05, 0) is 79.7 Å². The Hall–Kier alpha value is -7.83. The van der Waals surface area contributed by atoms with E-state index in [9.17, 15) is 75.7 Å². The Morgan fingerprint density at radius 1 is 0.769 bits per heavy atom. The Morgan fingerprint density at radius 2 is 1.43 bits per heavy atom. The molecule has 7 atom stereocenters. The third kappa shape index (κ3) is 25.8. The quantitative estimate of drug-likeness (QED) is 0.0215. The second kappa shape index (κ2) is 36.9. The minimum absolute atomic E-state index is 0.0123. The number of hydrogen-bond acceptors (Lipinski definition) is 15. The number of carbonyl (C=O) groups excluding carboxylic acids is 8. The highest BCUT2D eigenvalue weighted by molar-refractivity contribution is 8.00. The number of aliphatic carboxylic acids is 3. The van der Waals surface area contributed by atoms with Crippen molar-refractivity contribution in [1.82, 2.24) is 35.6 Å². The summed E-state index contributed by atoms with van der Waals surface area (Å²) in [6.45, 7) is 10.2. The first-order valence-electron chi connectivity index (χ1n) is 29.6. The second-order valence-electron chi connectivity index (χ2n) is 23.4. The lowest BCUT2D eigenvalue weighted by Crippen LogP contribution is -2.47. The van der Waals surface area contributed by atoms with Crippen LogP contribution < -0.4 is 32.7 Å². The maximum Gasteiger partial charge on any atom is 0.490 e. The summed E-state index contributed by atoms with van der Waals surface area (Å²) in [5.41, 5.74) is 13.0. The normalized spacial score (nSPS) is 15.3. The number of nitrogens with zero attached hydrogens (tertiary/aromatic N) is 3. The number of rotatable bonds is 36. The molecule has 4 rings (SSSR count). The first kappa shape index (κ1) is 77.4. The molecule has 504 valence electrons. The van der Waals surface area contributed by atoms with E-state index in [-0.39, 0.29) is 94.3 Å². The van der Waals surface area contributed by atoms with Crippen LogP contribution in [-0.2, 0) is 59.3 Å². The first-order chi connectivity index (χ1) is 42.6. The second-order valence-corrected chi connectivity index (χ2v) is 24.7. The number of likely N-dealkylation sites (tertiary alicyclic amines) is 1. The molecule has 2 heterocycles. The Morgan fingerprint density at radius 3 is 2.02 bits per heavy atom. The summed E-state index contributed by atoms with van der Waals surface area (Å²) in [6, 6.07) is 8.99. The predicted octanol–water partition coefficient (Wildman–Crippen LogP) is 4.67. The number of aliphatic hydroxyl groups excluding tert-OH is 1. The molecule has 0 saturated carbocycles. The van der Waals surface area contributed by atoms with Crippen molar-refractivity contribution in [3.05, 3.63) is 83.7 Å². The van der Waals surface area contributed by atoms with E-state index in [2.05, 4.69) is 21.3 Å². The Labute approximate surface area is 528 Å². The third-order valence-electron chi connectivity index (χ3n) is 14.6. The van der Waals surface area contributed by atoms with Gasteiger partial charge in [-0.2, -0.15) is 13.2 Å². The van der Waals surface area contributed by atoms with Gasteiger partial charge in [-0.3, -0.25) is 48.1 Å². The topological polar surface area (TPSA) is 380 Å². The molecule has 3 aromatic rings. The fourth-order valence-corrected chi connectivity index (χ4v) is 10.8. The van der Waals surface area contributed by atoms with Crippen molar-refractivity contribution in [2.24, 2.45) is 28.7 Å². The molecule has 0 aliphatic carbocycles. The third-order valence-corrected chi connectivity index (χ3v) is 15.9. The maximum atomic E-state index is 15.2. The predicted molar refractivity (Wildman–Crippen MR) is 324 cm³/mol. The van der Waals surface area contributed by atoms with Crippen molar-refractivity contribution in [3.63, 3.8) is 0 Å². The van der Waals surface area contributed by atoms with E-state index in [1.165, 1.54) is 11.8 Å². The summed E-state index contributed by atoms with van der Waals surface area (Å²) in [4.78, 5) is 139. The number of thioether (sulfide) groups is 1. The number of unbranched alkanes of at least 4 members (excludes halogenated alkanes) is 3. The van der Waals surface area contributed by atoms with Gasteiger partial charge in [0.1, 0.15) is 30.3 Å². The van der Waals surface area contributed by atoms with E-state index in [0.29, 0.717) is 43.5 Å². The van der Waals surface area contributed by atoms with Crippen LogP contribution in [-0.4, -0.2) is 174 Å². The van der Waals surface area contributed by atoms with Gasteiger partial charge in [0, 0.05) is 93.1 Å². The largest absolute Gasteiger partial charge is 0.490 e. The van der Waals surface area contributed by atoms with Gasteiger partial charge in [-0.1, -0.05) is 78.3 Å². The number of amides is 7. The number of halogens is 5. The molecular weight excluding hydrogens is 1230 g/mol. The number of hydrogen-bond donors (Lipinski definition) is 10. The van der Waals surface area contributed by atoms with Crippen LogP contribution in [0.2, 0.25) is 0 Å². The lowest BCUT2D eigenvalue weighted by Gasteiger charge is -2.41. The van der Waals surface area contributed by atoms with Crippen molar-refractivity contribution >= 4 is 76.8 Å². The molecule has 91 heavy (non-hydrogen) atoms. The molecule has 30 heteroatoms. The lowest BCUT2D eigenvalue weighted by atomic mass is 9.82. The van der Waals surface area contributed by atoms with E-state index in [1.54, 1.807) is 26.1 Å². The van der Waals surface area contributed by atoms with Gasteiger partial charge in [0.05, 0.1) is 23.4 Å². The van der Waals surface area contributed by atoms with Crippen LogP contribution in [0.25, 0.3) is 11.1 Å². The monoisotopic (exact) mass is 1310 g/mol. The van der Waals surface area contributed by atoms with Gasteiger partial charge in [0.25, 0.3) is 0 Å². The molecule has 1 aromatic heterocycles. The summed E-state index contributed by atoms with van der Waals surface area (Å²) in [5.74, 6) is -11.7. The zero-order valence-corrected chi connectivity index (χ0v) is 52.5. The number of carbonyl (C=O) groups is 11. The first-order valence-corrected chi connectivity index (χ1v) is 30.6. The molecule has 12 N–H and O–H groups in total. The van der Waals surface area contributed by atoms with E-state index in [4.69, 9.17) is 26.5 Å². The number of Topliss-reactive ketones (excluding diaryl/α,β-unsaturated/α-hetero) is 1. The number of carboxylic acids is 3. The van der Waals surface area contributed by atoms with Gasteiger partial charge in [-0.25, -0.2) is 18.4 Å². The lowest BCUT2D eigenvalue weighted by molar-refractivity contribution is -0.192. The molecule has 1 saturated heterocycles. The summed E-state index contributed by atoms with van der Waals surface area (Å²) >= 11 is 1.03. The number of ketones is 1. The van der Waals surface area contributed by atoms with Crippen molar-refractivity contribution in [2.75, 3.05) is 38.5 Å². The molecule has 2 aromatic carbocycles. The van der Waals surface area contributed by atoms with Gasteiger partial charge in [-0.15, -0.1) is 11.8 Å². The molecule has 1 fully saturated rings. The van der Waals surface area contributed by atoms with Crippen LogP contribution in [0.3, 0.4) is 0 Å². The summed E-state index contributed by atoms with van der Waals surface area (Å²) in [6.07, 6.45) is -1.86. The number of carboxylic acid groups (broad SMARTS) is 3. The summed E-state index contributed by atoms with van der Waals surface area (Å²) in [7, 11) is 0. The number of nitrogens with one attached hydrogen (secondary N) is 4. The van der Waals surface area contributed by atoms with Gasteiger partial charge in [0.15, 0.2) is 5.78 Å². The van der Waals surface area contributed by atoms with Crippen molar-refractivity contribution in [3.8, 4) is 11.1 Å². The fraction of sp³-hybridized carbons (Fsp3) is 0.557. The molecule has 7 amide bonds. The fourth-order valence-electron chi connectivity index (χ4n) is 9.73. The maximum absolute atomic E-state index is 15.2. The summed E-state index contributed by atoms with van der Waals surface area (Å²) < 4.78 is 63.2. The number of imide groups is 1. The Balaban J connectivity index is 0.00000291. The smallest absolute Gasteiger partial charge is 0.480 e. The van der Waals surface area contributed by atoms with Crippen molar-refractivity contribution in [1.29, 1.82) is 0 Å².